The van der Waals surface area contributed by atoms with Crippen LogP contribution in [0.2, 0.25) is 0 Å². The predicted molar refractivity (Wildman–Crippen MR) is 349 cm³/mol. The van der Waals surface area contributed by atoms with Crippen LogP contribution in [0.5, 0.6) is 0 Å². The van der Waals surface area contributed by atoms with Crippen LogP contribution in [0.15, 0.2) is 113 Å². The molecule has 23 N–H and O–H groups in total. The number of nitrogens with one attached hydrogen (secondary N) is 17. The first-order valence-electron chi connectivity index (χ1n) is 30.8. The maximum Gasteiger partial charge on any atom is 0.330 e. The molecule has 2 fully saturated rings. The summed E-state index contributed by atoms with van der Waals surface area (Å²) in [5, 5.41) is 70.5. The second-order valence-electron chi connectivity index (χ2n) is 21.6. The van der Waals surface area contributed by atoms with Crippen LogP contribution in [0.4, 0.5) is 0 Å². The molecule has 2 aliphatic rings. The van der Waals surface area contributed by atoms with Crippen molar-refractivity contribution in [2.45, 2.75) is 108 Å². The molecule has 0 radical (unpaired) electrons. The van der Waals surface area contributed by atoms with Crippen molar-refractivity contribution in [3.63, 3.8) is 0 Å². The second kappa shape index (κ2) is 41.4. The molecule has 4 atom stereocenters. The molecule has 2 aliphatic heterocycles. The number of carboxylic acid groups (broad SMARTS) is 2. The van der Waals surface area contributed by atoms with Gasteiger partial charge in [-0.3, -0.25) is 77.9 Å². The van der Waals surface area contributed by atoms with Gasteiger partial charge in [0.25, 0.3) is 29.5 Å². The SMILES string of the molecule is CCC(=O)N/C(=C/CC(=O)NCCC/C=C1/NC(=O)[C@@H](Cc2ccccc2)NC(=O)/C(=C\C(=O)O)NC(=O)CNC(=O)/C(=C/CCNC(=N)N)NC1=O)C(=O)NCCCC[C@@H]1NC(=O)/C(=C/c2ccccc2)NC(=O)[C@H](CC(=O)O)NC(=O)CNC(=O)[C@H](CCCNC(=N)N)NC1=O. The number of aliphatic carboxylic acids is 2. The first kappa shape index (κ1) is 78.2. The van der Waals surface area contributed by atoms with Gasteiger partial charge in [-0.2, -0.15) is 0 Å². The van der Waals surface area contributed by atoms with Crippen LogP contribution in [-0.4, -0.2) is 174 Å². The lowest BCUT2D eigenvalue weighted by Gasteiger charge is -2.24. The van der Waals surface area contributed by atoms with Gasteiger partial charge in [0, 0.05) is 45.4 Å². The molecule has 0 spiro atoms. The molecule has 36 nitrogen and oxygen atoms in total. The van der Waals surface area contributed by atoms with E-state index in [0.717, 1.165) is 6.08 Å². The number of nitrogens with two attached hydrogens (primary N) is 2. The average Bonchev–Trinajstić information content (AvgIpc) is 1.48. The van der Waals surface area contributed by atoms with Gasteiger partial charge in [0.1, 0.15) is 52.7 Å². The Morgan fingerprint density at radius 2 is 1.12 bits per heavy atom. The Kier molecular flexibility index (Phi) is 33.1. The van der Waals surface area contributed by atoms with Crippen molar-refractivity contribution >= 4 is 107 Å². The summed E-state index contributed by atoms with van der Waals surface area (Å²) in [5.41, 5.74) is 9.21. The highest BCUT2D eigenvalue weighted by molar-refractivity contribution is 6.08. The smallest absolute Gasteiger partial charge is 0.330 e. The van der Waals surface area contributed by atoms with Crippen molar-refractivity contribution in [3.05, 3.63) is 125 Å². The Bertz CT molecular complexity index is 3480. The first-order chi connectivity index (χ1) is 46.7. The largest absolute Gasteiger partial charge is 0.481 e. The van der Waals surface area contributed by atoms with Gasteiger partial charge in [0.15, 0.2) is 11.9 Å². The van der Waals surface area contributed by atoms with Crippen LogP contribution in [0.3, 0.4) is 0 Å². The van der Waals surface area contributed by atoms with Crippen LogP contribution in [0.25, 0.3) is 6.08 Å². The normalized spacial score (nSPS) is 19.6. The van der Waals surface area contributed by atoms with Crippen LogP contribution in [0, 0.1) is 10.8 Å². The molecule has 98 heavy (non-hydrogen) atoms. The maximum atomic E-state index is 14.2. The number of guanidine groups is 2. The summed E-state index contributed by atoms with van der Waals surface area (Å²) in [6.07, 6.45) is 3.71. The third-order valence-electron chi connectivity index (χ3n) is 13.8. The molecule has 0 bridgehead atoms. The molecule has 2 aromatic rings. The molecular formula is C62H81N19O17. The van der Waals surface area contributed by atoms with Gasteiger partial charge in [0.2, 0.25) is 47.3 Å². The molecule has 36 heteroatoms. The van der Waals surface area contributed by atoms with Gasteiger partial charge in [-0.05, 0) is 74.6 Å². The zero-order valence-electron chi connectivity index (χ0n) is 53.4. The van der Waals surface area contributed by atoms with Crippen LogP contribution in [-0.2, 0) is 78.3 Å². The number of rotatable bonds is 27. The lowest BCUT2D eigenvalue weighted by molar-refractivity contribution is -0.140. The molecular weight excluding hydrogens is 1280 g/mol. The molecule has 526 valence electrons. The third kappa shape index (κ3) is 29.8. The number of amides is 13. The topological polar surface area (TPSA) is 577 Å². The van der Waals surface area contributed by atoms with Crippen molar-refractivity contribution in [3.8, 4) is 0 Å². The highest BCUT2D eigenvalue weighted by Gasteiger charge is 2.33. The Morgan fingerprint density at radius 1 is 0.541 bits per heavy atom. The van der Waals surface area contributed by atoms with E-state index >= 15 is 0 Å². The molecule has 0 aromatic heterocycles. The molecule has 0 saturated carbocycles. The number of benzene rings is 2. The van der Waals surface area contributed by atoms with Crippen molar-refractivity contribution in [1.82, 2.24) is 79.8 Å². The van der Waals surface area contributed by atoms with E-state index in [1.54, 1.807) is 60.7 Å². The Morgan fingerprint density at radius 3 is 1.80 bits per heavy atom. The minimum Gasteiger partial charge on any atom is -0.481 e. The summed E-state index contributed by atoms with van der Waals surface area (Å²) in [6, 6.07) is 10.3. The highest BCUT2D eigenvalue weighted by atomic mass is 16.4. The summed E-state index contributed by atoms with van der Waals surface area (Å²) in [4.78, 5) is 199. The van der Waals surface area contributed by atoms with Crippen LogP contribution < -0.4 is 91.2 Å². The number of hydrogen-bond acceptors (Lipinski definition) is 17. The Balaban J connectivity index is 1.52. The van der Waals surface area contributed by atoms with Gasteiger partial charge in [-0.15, -0.1) is 0 Å². The van der Waals surface area contributed by atoms with E-state index in [-0.39, 0.29) is 102 Å². The van der Waals surface area contributed by atoms with Gasteiger partial charge in [-0.25, -0.2) is 4.79 Å². The Hall–Kier alpha value is -12.3. The minimum absolute atomic E-state index is 0.00822. The van der Waals surface area contributed by atoms with Crippen molar-refractivity contribution in [2.75, 3.05) is 39.3 Å². The van der Waals surface area contributed by atoms with E-state index in [9.17, 15) is 82.1 Å². The fourth-order valence-corrected chi connectivity index (χ4v) is 8.90. The van der Waals surface area contributed by atoms with E-state index in [0.29, 0.717) is 17.2 Å². The monoisotopic (exact) mass is 1360 g/mol. The van der Waals surface area contributed by atoms with E-state index < -0.39 is 168 Å². The van der Waals surface area contributed by atoms with E-state index in [1.807, 2.05) is 0 Å². The van der Waals surface area contributed by atoms with Crippen molar-refractivity contribution in [2.24, 2.45) is 11.5 Å². The molecule has 0 unspecified atom stereocenters. The predicted octanol–water partition coefficient (Wildman–Crippen LogP) is -4.74. The molecule has 0 aliphatic carbocycles. The summed E-state index contributed by atoms with van der Waals surface area (Å²) in [5.74, 6) is -16.2. The lowest BCUT2D eigenvalue weighted by Crippen LogP contribution is -2.55. The number of carboxylic acids is 2. The minimum atomic E-state index is -1.74. The summed E-state index contributed by atoms with van der Waals surface area (Å²) >= 11 is 0. The molecule has 2 heterocycles. The average molecular weight is 1360 g/mol. The summed E-state index contributed by atoms with van der Waals surface area (Å²) in [6.45, 7) is -0.153. The van der Waals surface area contributed by atoms with E-state index in [1.165, 1.54) is 25.2 Å². The van der Waals surface area contributed by atoms with Crippen LogP contribution in [0.1, 0.15) is 88.7 Å². The number of allylic oxidation sites excluding steroid dienone is 1. The molecule has 4 rings (SSSR count). The second-order valence-corrected chi connectivity index (χ2v) is 21.6. The van der Waals surface area contributed by atoms with Gasteiger partial charge in [-0.1, -0.05) is 79.7 Å². The zero-order chi connectivity index (χ0) is 72.1. The number of carbonyl (C=O) groups excluding carboxylic acids is 13. The summed E-state index contributed by atoms with van der Waals surface area (Å²) in [7, 11) is 0. The third-order valence-corrected chi connectivity index (χ3v) is 13.8. The maximum absolute atomic E-state index is 14.2. The fourth-order valence-electron chi connectivity index (χ4n) is 8.90. The molecule has 2 saturated heterocycles. The molecule has 13 amide bonds. The fraction of sp³-hybridized carbons (Fsp3) is 0.371. The van der Waals surface area contributed by atoms with Crippen LogP contribution >= 0.6 is 0 Å². The zero-order valence-corrected chi connectivity index (χ0v) is 53.4. The summed E-state index contributed by atoms with van der Waals surface area (Å²) < 4.78 is 0. The first-order valence-corrected chi connectivity index (χ1v) is 30.8. The lowest BCUT2D eigenvalue weighted by atomic mass is 10.0. The van der Waals surface area contributed by atoms with Crippen molar-refractivity contribution < 1.29 is 82.1 Å². The highest BCUT2D eigenvalue weighted by Crippen LogP contribution is 2.13. The van der Waals surface area contributed by atoms with Gasteiger partial charge >= 0.3 is 11.9 Å². The van der Waals surface area contributed by atoms with Crippen molar-refractivity contribution in [1.29, 1.82) is 10.8 Å². The number of hydrogen-bond donors (Lipinski definition) is 21. The Labute approximate surface area is 561 Å². The number of carbonyl (C=O) groups is 15. The van der Waals surface area contributed by atoms with Gasteiger partial charge in [0.05, 0.1) is 25.6 Å². The molecule has 2 aromatic carbocycles. The quantitative estimate of drug-likeness (QED) is 0.0173. The van der Waals surface area contributed by atoms with Gasteiger partial charge < -0.3 is 101 Å². The van der Waals surface area contributed by atoms with E-state index in [4.69, 9.17) is 22.3 Å². The standard InChI is InChI=1S/C62H81N19O17/c1-2-46(82)73-41(52(90)68-26-12-10-20-40-56(94)77-38(22-14-28-70-62(65)66)54(92)72-34-49(85)75-45(32-51(88)89)60(98)81-43(58(96)79-40)30-36-17-7-4-8-18-36)23-24-47(83)67-25-11-9-19-39-55(93)76-37(21-13-27-69-61(63)64)53(91)71-33-48(84)74-44(31-50(86)87)59(97)80-42(57(95)78-39)29-35-15-5-3-6-16-35/h3-8,15-19,21,23,30-31,38,40,42,45H,2,9-14,20,22,24-29,32-34H2,1H3,(H,67,83)(H,68,90)(H,71,91)(H,72,92)(H,73,82)(H,74,84)(H,75,85)(H,76,93)(H,77,94)(H,78,95)(H,79,96)(H,80,97)(H,81,98)(H,86,87)(H,88,89)(H4,63,64,69)(H4,65,66,70)/b37-21-,39-19+,41-23+,43-30-,44-31+/t38-,40-,42+,45-/m0/s1. The van der Waals surface area contributed by atoms with E-state index in [2.05, 4.69) is 79.8 Å². The number of unbranched alkanes of at least 4 members (excludes halogenated alkanes) is 2.